The number of esters is 1. The Morgan fingerprint density at radius 3 is 2.39 bits per heavy atom. The van der Waals surface area contributed by atoms with Crippen molar-refractivity contribution in [2.24, 2.45) is 4.99 Å². The summed E-state index contributed by atoms with van der Waals surface area (Å²) in [6.07, 6.45) is 1.74. The molecule has 0 aliphatic rings. The molecule has 0 bridgehead atoms. The van der Waals surface area contributed by atoms with Gasteiger partial charge in [-0.05, 0) is 64.2 Å². The number of carbonyl (C=O) groups is 1. The van der Waals surface area contributed by atoms with E-state index >= 15 is 0 Å². The van der Waals surface area contributed by atoms with Gasteiger partial charge in [-0.2, -0.15) is 0 Å². The van der Waals surface area contributed by atoms with E-state index in [9.17, 15) is 4.79 Å². The highest BCUT2D eigenvalue weighted by molar-refractivity contribution is 14.1. The maximum Gasteiger partial charge on any atom is 0.338 e. The van der Waals surface area contributed by atoms with Crippen LogP contribution in [-0.4, -0.2) is 37.9 Å². The minimum Gasteiger partial charge on any atom is -0.462 e. The lowest BCUT2D eigenvalue weighted by Crippen LogP contribution is -2.08. The predicted octanol–water partition coefficient (Wildman–Crippen LogP) is 3.29. The summed E-state index contributed by atoms with van der Waals surface area (Å²) >= 11 is 4.35. The average molecular weight is 472 g/mol. The minimum absolute atomic E-state index is 0.295. The first-order valence-electron chi connectivity index (χ1n) is 5.32. The molecule has 0 atom stereocenters. The molecular formula is C12H14I2N2O2. The Labute approximate surface area is 134 Å². The first kappa shape index (κ1) is 15.7. The van der Waals surface area contributed by atoms with Crippen LogP contribution in [-0.2, 0) is 4.74 Å². The van der Waals surface area contributed by atoms with Crippen LogP contribution in [0.15, 0.2) is 17.1 Å². The lowest BCUT2D eigenvalue weighted by atomic mass is 10.2. The molecule has 0 radical (unpaired) electrons. The van der Waals surface area contributed by atoms with Crippen molar-refractivity contribution in [3.8, 4) is 0 Å². The Kier molecular flexibility index (Phi) is 6.33. The van der Waals surface area contributed by atoms with Gasteiger partial charge in [0.1, 0.15) is 0 Å². The molecule has 18 heavy (non-hydrogen) atoms. The fourth-order valence-electron chi connectivity index (χ4n) is 1.19. The van der Waals surface area contributed by atoms with Crippen molar-refractivity contribution < 1.29 is 9.53 Å². The Bertz CT molecular complexity index is 450. The quantitative estimate of drug-likeness (QED) is 0.293. The molecule has 0 N–H and O–H groups in total. The Hall–Kier alpha value is -0.380. The molecule has 0 aliphatic carbocycles. The number of benzene rings is 1. The van der Waals surface area contributed by atoms with Gasteiger partial charge in [-0.15, -0.1) is 0 Å². The molecule has 4 nitrogen and oxygen atoms in total. The Morgan fingerprint density at radius 2 is 1.94 bits per heavy atom. The van der Waals surface area contributed by atoms with E-state index < -0.39 is 0 Å². The summed E-state index contributed by atoms with van der Waals surface area (Å²) in [6, 6.07) is 3.59. The van der Waals surface area contributed by atoms with Crippen molar-refractivity contribution in [2.75, 3.05) is 20.7 Å². The number of hydrogen-bond donors (Lipinski definition) is 0. The second kappa shape index (κ2) is 7.27. The van der Waals surface area contributed by atoms with E-state index in [2.05, 4.69) is 50.2 Å². The molecule has 0 heterocycles. The van der Waals surface area contributed by atoms with E-state index in [1.807, 2.05) is 19.0 Å². The zero-order chi connectivity index (χ0) is 13.7. The first-order valence-corrected chi connectivity index (χ1v) is 7.48. The summed E-state index contributed by atoms with van der Waals surface area (Å²) in [4.78, 5) is 17.9. The zero-order valence-corrected chi connectivity index (χ0v) is 14.7. The first-order chi connectivity index (χ1) is 8.45. The molecule has 0 spiro atoms. The molecule has 1 aromatic carbocycles. The number of halogens is 2. The van der Waals surface area contributed by atoms with Gasteiger partial charge in [0.05, 0.1) is 24.2 Å². The molecule has 6 heteroatoms. The molecule has 0 aliphatic heterocycles. The van der Waals surface area contributed by atoms with Crippen LogP contribution in [0, 0.1) is 7.14 Å². The topological polar surface area (TPSA) is 41.9 Å². The third-order valence-corrected chi connectivity index (χ3v) is 3.59. The Balaban J connectivity index is 3.08. The van der Waals surface area contributed by atoms with E-state index in [1.165, 1.54) is 0 Å². The largest absolute Gasteiger partial charge is 0.462 e. The normalized spacial score (nSPS) is 10.7. The number of ether oxygens (including phenoxy) is 1. The molecule has 1 rings (SSSR count). The number of nitrogens with zero attached hydrogens (tertiary/aromatic N) is 2. The molecule has 0 amide bonds. The van der Waals surface area contributed by atoms with Gasteiger partial charge in [-0.25, -0.2) is 9.79 Å². The smallest absolute Gasteiger partial charge is 0.338 e. The fraction of sp³-hybridized carbons (Fsp3) is 0.333. The van der Waals surface area contributed by atoms with Crippen molar-refractivity contribution in [2.45, 2.75) is 6.92 Å². The SMILES string of the molecule is CCOC(=O)c1cc(I)c(N=CN(C)C)c(I)c1. The van der Waals surface area contributed by atoms with Gasteiger partial charge in [-0.3, -0.25) is 0 Å². The number of aliphatic imine (C=N–C) groups is 1. The van der Waals surface area contributed by atoms with Crippen molar-refractivity contribution in [3.63, 3.8) is 0 Å². The van der Waals surface area contributed by atoms with Crippen LogP contribution in [0.5, 0.6) is 0 Å². The van der Waals surface area contributed by atoms with Crippen LogP contribution in [0.4, 0.5) is 5.69 Å². The zero-order valence-electron chi connectivity index (χ0n) is 10.4. The van der Waals surface area contributed by atoms with Crippen LogP contribution in [0.2, 0.25) is 0 Å². The van der Waals surface area contributed by atoms with E-state index in [1.54, 1.807) is 25.4 Å². The lowest BCUT2D eigenvalue weighted by Gasteiger charge is -2.08. The van der Waals surface area contributed by atoms with Crippen molar-refractivity contribution in [1.82, 2.24) is 4.90 Å². The van der Waals surface area contributed by atoms with Gasteiger partial charge in [0.2, 0.25) is 0 Å². The lowest BCUT2D eigenvalue weighted by molar-refractivity contribution is 0.0526. The number of rotatable bonds is 4. The van der Waals surface area contributed by atoms with E-state index in [4.69, 9.17) is 4.74 Å². The van der Waals surface area contributed by atoms with E-state index in [0.717, 1.165) is 12.8 Å². The highest BCUT2D eigenvalue weighted by atomic mass is 127. The van der Waals surface area contributed by atoms with Crippen molar-refractivity contribution in [3.05, 3.63) is 24.8 Å². The summed E-state index contributed by atoms with van der Waals surface area (Å²) < 4.78 is 6.85. The molecule has 1 aromatic rings. The van der Waals surface area contributed by atoms with Crippen molar-refractivity contribution in [1.29, 1.82) is 0 Å². The van der Waals surface area contributed by atoms with E-state index in [0.29, 0.717) is 12.2 Å². The number of carbonyl (C=O) groups excluding carboxylic acids is 1. The molecule has 0 fully saturated rings. The molecule has 0 saturated carbocycles. The van der Waals surface area contributed by atoms with Gasteiger partial charge < -0.3 is 9.64 Å². The van der Waals surface area contributed by atoms with Gasteiger partial charge in [-0.1, -0.05) is 0 Å². The molecule has 0 saturated heterocycles. The minimum atomic E-state index is -0.295. The molecule has 0 aromatic heterocycles. The van der Waals surface area contributed by atoms with Gasteiger partial charge in [0, 0.05) is 21.2 Å². The summed E-state index contributed by atoms with van der Waals surface area (Å²) in [7, 11) is 3.83. The monoisotopic (exact) mass is 472 g/mol. The second-order valence-electron chi connectivity index (χ2n) is 3.72. The van der Waals surface area contributed by atoms with E-state index in [-0.39, 0.29) is 5.97 Å². The maximum atomic E-state index is 11.7. The standard InChI is InChI=1S/C12H14I2N2O2/c1-4-18-12(17)8-5-9(13)11(10(14)6-8)15-7-16(2)3/h5-7H,4H2,1-3H3. The summed E-state index contributed by atoms with van der Waals surface area (Å²) in [5.74, 6) is -0.295. The third kappa shape index (κ3) is 4.38. The van der Waals surface area contributed by atoms with Gasteiger partial charge in [0.15, 0.2) is 0 Å². The second-order valence-corrected chi connectivity index (χ2v) is 6.04. The molecule has 98 valence electrons. The van der Waals surface area contributed by atoms with Crippen LogP contribution in [0.25, 0.3) is 0 Å². The third-order valence-electron chi connectivity index (χ3n) is 1.95. The molecular weight excluding hydrogens is 458 g/mol. The van der Waals surface area contributed by atoms with Gasteiger partial charge >= 0.3 is 5.97 Å². The summed E-state index contributed by atoms with van der Waals surface area (Å²) in [5, 5.41) is 0. The Morgan fingerprint density at radius 1 is 1.39 bits per heavy atom. The summed E-state index contributed by atoms with van der Waals surface area (Å²) in [5.41, 5.74) is 1.44. The number of hydrogen-bond acceptors (Lipinski definition) is 3. The molecule has 0 unspecified atom stereocenters. The summed E-state index contributed by atoms with van der Waals surface area (Å²) in [6.45, 7) is 2.18. The van der Waals surface area contributed by atoms with Gasteiger partial charge in [0.25, 0.3) is 0 Å². The van der Waals surface area contributed by atoms with Crippen molar-refractivity contribution >= 4 is 63.2 Å². The van der Waals surface area contributed by atoms with Crippen LogP contribution in [0.3, 0.4) is 0 Å². The van der Waals surface area contributed by atoms with Crippen LogP contribution < -0.4 is 0 Å². The predicted molar refractivity (Wildman–Crippen MR) is 89.7 cm³/mol. The highest BCUT2D eigenvalue weighted by Gasteiger charge is 2.12. The fourth-order valence-corrected chi connectivity index (χ4v) is 3.24. The van der Waals surface area contributed by atoms with Crippen LogP contribution >= 0.6 is 45.2 Å². The maximum absolute atomic E-state index is 11.7. The highest BCUT2D eigenvalue weighted by Crippen LogP contribution is 2.29. The van der Waals surface area contributed by atoms with Crippen LogP contribution in [0.1, 0.15) is 17.3 Å². The average Bonchev–Trinajstić information content (AvgIpc) is 2.27.